The Balaban J connectivity index is 1.43. The van der Waals surface area contributed by atoms with Crippen LogP contribution in [0, 0.1) is 19.7 Å². The second-order valence-corrected chi connectivity index (χ2v) is 12.4. The number of halogens is 1. The van der Waals surface area contributed by atoms with E-state index in [1.807, 2.05) is 32.9 Å². The summed E-state index contributed by atoms with van der Waals surface area (Å²) in [5.41, 5.74) is 1.87. The van der Waals surface area contributed by atoms with Crippen LogP contribution in [0.2, 0.25) is 0 Å². The van der Waals surface area contributed by atoms with Crippen LogP contribution in [-0.4, -0.2) is 28.6 Å². The van der Waals surface area contributed by atoms with Crippen LogP contribution < -0.4 is 15.2 Å². The highest BCUT2D eigenvalue weighted by Gasteiger charge is 2.66. The number of carbonyl (C=O) groups excluding carboxylic acids is 2. The van der Waals surface area contributed by atoms with Crippen LogP contribution in [0.5, 0.6) is 0 Å². The third-order valence-electron chi connectivity index (χ3n) is 7.92. The molecule has 0 aliphatic carbocycles. The molecule has 1 atom stereocenters. The van der Waals surface area contributed by atoms with Crippen molar-refractivity contribution < 1.29 is 18.4 Å². The Kier molecular flexibility index (Phi) is 6.07. The number of rotatable bonds is 5. The Labute approximate surface area is 247 Å². The van der Waals surface area contributed by atoms with Crippen molar-refractivity contribution in [2.45, 2.75) is 36.4 Å². The van der Waals surface area contributed by atoms with Crippen molar-refractivity contribution in [3.05, 3.63) is 110 Å². The van der Waals surface area contributed by atoms with Gasteiger partial charge in [0.2, 0.25) is 10.9 Å². The van der Waals surface area contributed by atoms with E-state index in [2.05, 4.69) is 10.2 Å². The van der Waals surface area contributed by atoms with E-state index >= 15 is 0 Å². The zero-order valence-electron chi connectivity index (χ0n) is 22.8. The number of anilines is 2. The molecule has 42 heavy (non-hydrogen) atoms. The molecule has 0 fully saturated rings. The molecule has 8 nitrogen and oxygen atoms in total. The summed E-state index contributed by atoms with van der Waals surface area (Å²) < 4.78 is 20.1. The second-order valence-electron chi connectivity index (χ2n) is 10.3. The molecule has 0 N–H and O–H groups in total. The van der Waals surface area contributed by atoms with Gasteiger partial charge in [-0.25, -0.2) is 4.39 Å². The molecule has 2 aromatic heterocycles. The number of nitrogens with zero attached hydrogens (tertiary/aromatic N) is 4. The summed E-state index contributed by atoms with van der Waals surface area (Å²) in [6.07, 6.45) is 0. The predicted octanol–water partition coefficient (Wildman–Crippen LogP) is 5.96. The molecule has 7 rings (SSSR count). The van der Waals surface area contributed by atoms with E-state index < -0.39 is 22.8 Å². The van der Waals surface area contributed by atoms with Crippen LogP contribution in [0.4, 0.5) is 15.2 Å². The monoisotopic (exact) mass is 598 g/mol. The van der Waals surface area contributed by atoms with Crippen molar-refractivity contribution in [3.63, 3.8) is 0 Å². The molecule has 2 aliphatic rings. The van der Waals surface area contributed by atoms with E-state index in [9.17, 15) is 18.8 Å². The quantitative estimate of drug-likeness (QED) is 0.182. The van der Waals surface area contributed by atoms with Crippen molar-refractivity contribution in [3.8, 4) is 0 Å². The van der Waals surface area contributed by atoms with Crippen LogP contribution in [0.25, 0.3) is 11.0 Å². The number of benzene rings is 3. The van der Waals surface area contributed by atoms with Crippen LogP contribution in [0.1, 0.15) is 45.3 Å². The minimum Gasteiger partial charge on any atom is -0.450 e. The Hall–Kier alpha value is -4.35. The number of fused-ring (bicyclic) bond motifs is 5. The summed E-state index contributed by atoms with van der Waals surface area (Å²) in [6.45, 7) is 5.98. The minimum absolute atomic E-state index is 0.00707. The second kappa shape index (κ2) is 9.60. The zero-order valence-corrected chi connectivity index (χ0v) is 24.4. The van der Waals surface area contributed by atoms with Crippen molar-refractivity contribution in [1.82, 2.24) is 10.2 Å². The lowest BCUT2D eigenvalue weighted by Gasteiger charge is -2.31. The Bertz CT molecular complexity index is 2010. The van der Waals surface area contributed by atoms with Gasteiger partial charge >= 0.3 is 0 Å². The number of amides is 2. The molecule has 5 aromatic rings. The summed E-state index contributed by atoms with van der Waals surface area (Å²) in [5.74, 6) is -1.04. The summed E-state index contributed by atoms with van der Waals surface area (Å²) >= 11 is 2.52. The lowest BCUT2D eigenvalue weighted by atomic mass is 9.84. The molecule has 1 spiro atoms. The molecule has 0 saturated heterocycles. The normalized spacial score (nSPS) is 17.5. The lowest BCUT2D eigenvalue weighted by Crippen LogP contribution is -2.53. The third kappa shape index (κ3) is 3.63. The van der Waals surface area contributed by atoms with Gasteiger partial charge in [-0.05, 0) is 67.8 Å². The number of aromatic nitrogens is 2. The summed E-state index contributed by atoms with van der Waals surface area (Å²) in [6, 6.07) is 16.9. The first-order chi connectivity index (χ1) is 20.2. The maximum absolute atomic E-state index is 14.5. The van der Waals surface area contributed by atoms with E-state index in [4.69, 9.17) is 4.42 Å². The highest BCUT2D eigenvalue weighted by molar-refractivity contribution is 8.00. The molecule has 0 bridgehead atoms. The molecule has 11 heteroatoms. The number of hydrogen-bond donors (Lipinski definition) is 0. The van der Waals surface area contributed by atoms with Gasteiger partial charge in [0.05, 0.1) is 16.6 Å². The van der Waals surface area contributed by atoms with Crippen molar-refractivity contribution in [1.29, 1.82) is 0 Å². The number of aryl methyl sites for hydroxylation is 2. The van der Waals surface area contributed by atoms with Gasteiger partial charge in [-0.1, -0.05) is 53.4 Å². The van der Waals surface area contributed by atoms with E-state index in [0.717, 1.165) is 28.0 Å². The first kappa shape index (κ1) is 26.5. The molecule has 1 unspecified atom stereocenters. The van der Waals surface area contributed by atoms with Gasteiger partial charge < -0.3 is 9.32 Å². The lowest BCUT2D eigenvalue weighted by molar-refractivity contribution is -0.121. The number of hydrogen-bond acceptors (Lipinski definition) is 8. The van der Waals surface area contributed by atoms with Gasteiger partial charge in [-0.15, -0.1) is 10.2 Å². The van der Waals surface area contributed by atoms with E-state index in [1.54, 1.807) is 41.3 Å². The van der Waals surface area contributed by atoms with Gasteiger partial charge in [0.15, 0.2) is 15.3 Å². The first-order valence-electron chi connectivity index (χ1n) is 13.3. The fourth-order valence-electron chi connectivity index (χ4n) is 5.81. The van der Waals surface area contributed by atoms with Crippen LogP contribution in [0.15, 0.2) is 74.2 Å². The fraction of sp³-hybridized carbons (Fsp3) is 0.194. The van der Waals surface area contributed by atoms with Crippen LogP contribution in [0.3, 0.4) is 0 Å². The van der Waals surface area contributed by atoms with Crippen LogP contribution >= 0.6 is 23.1 Å². The number of para-hydroxylation sites is 1. The Morgan fingerprint density at radius 2 is 1.74 bits per heavy atom. The largest absolute Gasteiger partial charge is 0.450 e. The molecule has 0 saturated carbocycles. The van der Waals surface area contributed by atoms with Gasteiger partial charge in [0, 0.05) is 17.9 Å². The Morgan fingerprint density at radius 1 is 1.00 bits per heavy atom. The van der Waals surface area contributed by atoms with Gasteiger partial charge in [-0.3, -0.25) is 19.3 Å². The summed E-state index contributed by atoms with van der Waals surface area (Å²) in [4.78, 5) is 46.0. The molecule has 0 radical (unpaired) electrons. The standard InChI is InChI=1S/C31H23FN4O4S2/c1-4-35-22-8-6-5-7-21(22)31(28(35)39)24-25(37)20-13-16(2)17(3)14-23(20)40-26(24)27(38)36(31)29-33-34-30(42-29)41-15-18-9-11-19(32)12-10-18/h5-14H,4,15H2,1-3H3. The smallest absolute Gasteiger partial charge is 0.297 e. The van der Waals surface area contributed by atoms with Gasteiger partial charge in [0.25, 0.3) is 11.8 Å². The van der Waals surface area contributed by atoms with Crippen LogP contribution in [-0.2, 0) is 16.1 Å². The fourth-order valence-corrected chi connectivity index (χ4v) is 7.66. The minimum atomic E-state index is -1.80. The van der Waals surface area contributed by atoms with Crippen molar-refractivity contribution >= 4 is 56.7 Å². The topological polar surface area (TPSA) is 96.6 Å². The SMILES string of the molecule is CCN1C(=O)C2(c3ccccc31)c1c(oc3cc(C)c(C)cc3c1=O)C(=O)N2c1nnc(SCc2ccc(F)cc2)s1. The van der Waals surface area contributed by atoms with E-state index in [1.165, 1.54) is 28.8 Å². The average molecular weight is 599 g/mol. The average Bonchev–Trinajstić information content (AvgIpc) is 3.62. The summed E-state index contributed by atoms with van der Waals surface area (Å²) in [7, 11) is 0. The molecule has 2 amide bonds. The number of thioether (sulfide) groups is 1. The van der Waals surface area contributed by atoms with Gasteiger partial charge in [-0.2, -0.15) is 0 Å². The number of likely N-dealkylation sites (N-methyl/N-ethyl adjacent to an activating group) is 1. The highest BCUT2D eigenvalue weighted by atomic mass is 32.2. The summed E-state index contributed by atoms with van der Waals surface area (Å²) in [5, 5.41) is 9.11. The molecular weight excluding hydrogens is 575 g/mol. The van der Waals surface area contributed by atoms with E-state index in [0.29, 0.717) is 33.3 Å². The van der Waals surface area contributed by atoms with Gasteiger partial charge in [0.1, 0.15) is 11.4 Å². The van der Waals surface area contributed by atoms with Crippen molar-refractivity contribution in [2.24, 2.45) is 0 Å². The predicted molar refractivity (Wildman–Crippen MR) is 160 cm³/mol. The maximum Gasteiger partial charge on any atom is 0.297 e. The Morgan fingerprint density at radius 3 is 2.50 bits per heavy atom. The molecule has 3 aromatic carbocycles. The molecule has 2 aliphatic heterocycles. The zero-order chi connectivity index (χ0) is 29.3. The number of carbonyl (C=O) groups is 2. The third-order valence-corrected chi connectivity index (χ3v) is 10.0. The van der Waals surface area contributed by atoms with Crippen molar-refractivity contribution in [2.75, 3.05) is 16.3 Å². The first-order valence-corrected chi connectivity index (χ1v) is 15.1. The molecular formula is C31H23FN4O4S2. The molecule has 4 heterocycles. The maximum atomic E-state index is 14.5. The highest BCUT2D eigenvalue weighted by Crippen LogP contribution is 2.54. The van der Waals surface area contributed by atoms with E-state index in [-0.39, 0.29) is 27.9 Å². The molecule has 210 valence electrons.